The third-order valence-corrected chi connectivity index (χ3v) is 3.86. The van der Waals surface area contributed by atoms with Gasteiger partial charge in [-0.1, -0.05) is 20.3 Å². The Morgan fingerprint density at radius 2 is 2.10 bits per heavy atom. The summed E-state index contributed by atoms with van der Waals surface area (Å²) in [7, 11) is 0. The lowest BCUT2D eigenvalue weighted by atomic mass is 9.94. The summed E-state index contributed by atoms with van der Waals surface area (Å²) in [6.45, 7) is 4.50. The van der Waals surface area contributed by atoms with Gasteiger partial charge in [-0.3, -0.25) is 9.59 Å². The standard InChI is InChI=1S/C13H23N3O4/c1-3-8(2)10(15-13(14)20)11(17)16-6-4-5-9(7-16)12(18)19/h8-10H,3-7H2,1-2H3,(H,18,19)(H3,14,15,20). The molecule has 1 aliphatic rings. The van der Waals surface area contributed by atoms with E-state index in [2.05, 4.69) is 5.32 Å². The Labute approximate surface area is 118 Å². The highest BCUT2D eigenvalue weighted by molar-refractivity contribution is 5.87. The molecule has 1 heterocycles. The molecule has 0 aromatic rings. The fourth-order valence-electron chi connectivity index (χ4n) is 2.41. The molecule has 0 spiro atoms. The Hall–Kier alpha value is -1.79. The molecule has 3 unspecified atom stereocenters. The lowest BCUT2D eigenvalue weighted by molar-refractivity contribution is -0.146. The Morgan fingerprint density at radius 1 is 1.45 bits per heavy atom. The van der Waals surface area contributed by atoms with E-state index in [1.54, 1.807) is 0 Å². The Balaban J connectivity index is 2.77. The Bertz CT molecular complexity index is 386. The summed E-state index contributed by atoms with van der Waals surface area (Å²) in [5, 5.41) is 11.5. The summed E-state index contributed by atoms with van der Waals surface area (Å²) in [6.07, 6.45) is 1.95. The maximum absolute atomic E-state index is 12.5. The number of carboxylic acid groups (broad SMARTS) is 1. The molecule has 7 nitrogen and oxygen atoms in total. The second kappa shape index (κ2) is 7.12. The zero-order valence-electron chi connectivity index (χ0n) is 12.0. The van der Waals surface area contributed by atoms with Gasteiger partial charge in [0.2, 0.25) is 5.91 Å². The van der Waals surface area contributed by atoms with Crippen LogP contribution in [0.25, 0.3) is 0 Å². The van der Waals surface area contributed by atoms with Crippen molar-refractivity contribution < 1.29 is 19.5 Å². The molecule has 1 saturated heterocycles. The molecule has 4 N–H and O–H groups in total. The molecule has 1 rings (SSSR count). The van der Waals surface area contributed by atoms with E-state index in [-0.39, 0.29) is 18.4 Å². The number of urea groups is 1. The quantitative estimate of drug-likeness (QED) is 0.678. The predicted molar refractivity (Wildman–Crippen MR) is 72.9 cm³/mol. The molecule has 114 valence electrons. The molecule has 7 heteroatoms. The van der Waals surface area contributed by atoms with E-state index >= 15 is 0 Å². The van der Waals surface area contributed by atoms with E-state index < -0.39 is 24.0 Å². The number of nitrogens with one attached hydrogen (secondary N) is 1. The molecule has 3 amide bonds. The first-order valence-corrected chi connectivity index (χ1v) is 6.94. The van der Waals surface area contributed by atoms with Crippen LogP contribution in [0.3, 0.4) is 0 Å². The van der Waals surface area contributed by atoms with Gasteiger partial charge in [-0.05, 0) is 18.8 Å². The first-order chi connectivity index (χ1) is 9.36. The smallest absolute Gasteiger partial charge is 0.312 e. The Morgan fingerprint density at radius 3 is 2.60 bits per heavy atom. The molecule has 0 bridgehead atoms. The number of hydrogen-bond donors (Lipinski definition) is 3. The highest BCUT2D eigenvalue weighted by atomic mass is 16.4. The van der Waals surface area contributed by atoms with Crippen LogP contribution < -0.4 is 11.1 Å². The van der Waals surface area contributed by atoms with Gasteiger partial charge in [0.05, 0.1) is 5.92 Å². The van der Waals surface area contributed by atoms with Gasteiger partial charge >= 0.3 is 12.0 Å². The second-order valence-corrected chi connectivity index (χ2v) is 5.33. The fourth-order valence-corrected chi connectivity index (χ4v) is 2.41. The fraction of sp³-hybridized carbons (Fsp3) is 0.769. The molecular formula is C13H23N3O4. The van der Waals surface area contributed by atoms with Gasteiger partial charge in [0.15, 0.2) is 0 Å². The summed E-state index contributed by atoms with van der Waals surface area (Å²) in [4.78, 5) is 36.1. The molecular weight excluding hydrogens is 262 g/mol. The number of aliphatic carboxylic acids is 1. The van der Waals surface area contributed by atoms with Crippen LogP contribution in [-0.4, -0.2) is 47.0 Å². The first-order valence-electron chi connectivity index (χ1n) is 6.94. The molecule has 0 aromatic heterocycles. The minimum absolute atomic E-state index is 0.0554. The van der Waals surface area contributed by atoms with Crippen molar-refractivity contribution >= 4 is 17.9 Å². The van der Waals surface area contributed by atoms with Gasteiger partial charge in [-0.2, -0.15) is 0 Å². The van der Waals surface area contributed by atoms with Crippen molar-refractivity contribution in [1.29, 1.82) is 0 Å². The van der Waals surface area contributed by atoms with Crippen molar-refractivity contribution in [1.82, 2.24) is 10.2 Å². The molecule has 20 heavy (non-hydrogen) atoms. The zero-order valence-corrected chi connectivity index (χ0v) is 12.0. The van der Waals surface area contributed by atoms with Crippen LogP contribution in [-0.2, 0) is 9.59 Å². The van der Waals surface area contributed by atoms with Crippen molar-refractivity contribution in [2.24, 2.45) is 17.6 Å². The van der Waals surface area contributed by atoms with E-state index in [1.807, 2.05) is 13.8 Å². The average molecular weight is 285 g/mol. The summed E-state index contributed by atoms with van der Waals surface area (Å²) in [5.74, 6) is -1.71. The maximum Gasteiger partial charge on any atom is 0.312 e. The Kier molecular flexibility index (Phi) is 5.79. The molecule has 1 fully saturated rings. The van der Waals surface area contributed by atoms with Gasteiger partial charge in [0.1, 0.15) is 6.04 Å². The predicted octanol–water partition coefficient (Wildman–Crippen LogP) is 0.393. The lowest BCUT2D eigenvalue weighted by Gasteiger charge is -2.35. The first kappa shape index (κ1) is 16.3. The van der Waals surface area contributed by atoms with E-state index in [0.29, 0.717) is 25.8 Å². The van der Waals surface area contributed by atoms with Crippen LogP contribution in [0, 0.1) is 11.8 Å². The number of rotatable bonds is 5. The van der Waals surface area contributed by atoms with Crippen molar-refractivity contribution in [3.05, 3.63) is 0 Å². The minimum atomic E-state index is -0.884. The van der Waals surface area contributed by atoms with E-state index in [4.69, 9.17) is 10.8 Å². The van der Waals surface area contributed by atoms with Crippen LogP contribution in [0.2, 0.25) is 0 Å². The van der Waals surface area contributed by atoms with Gasteiger partial charge in [-0.25, -0.2) is 4.79 Å². The number of primary amides is 1. The number of piperidine rings is 1. The minimum Gasteiger partial charge on any atom is -0.481 e. The number of amides is 3. The number of nitrogens with two attached hydrogens (primary N) is 1. The normalized spacial score (nSPS) is 21.9. The summed E-state index contributed by atoms with van der Waals surface area (Å²) >= 11 is 0. The molecule has 0 aliphatic carbocycles. The van der Waals surface area contributed by atoms with Crippen LogP contribution in [0.4, 0.5) is 4.79 Å². The van der Waals surface area contributed by atoms with E-state index in [0.717, 1.165) is 0 Å². The number of carboxylic acids is 1. The van der Waals surface area contributed by atoms with Crippen LogP contribution in [0.15, 0.2) is 0 Å². The summed E-state index contributed by atoms with van der Waals surface area (Å²) in [6, 6.07) is -1.43. The van der Waals surface area contributed by atoms with Crippen LogP contribution in [0.5, 0.6) is 0 Å². The number of nitrogens with zero attached hydrogens (tertiary/aromatic N) is 1. The largest absolute Gasteiger partial charge is 0.481 e. The highest BCUT2D eigenvalue weighted by Gasteiger charge is 2.34. The van der Waals surface area contributed by atoms with Crippen molar-refractivity contribution in [3.8, 4) is 0 Å². The summed E-state index contributed by atoms with van der Waals surface area (Å²) < 4.78 is 0. The number of hydrogen-bond acceptors (Lipinski definition) is 3. The van der Waals surface area contributed by atoms with Crippen LogP contribution in [0.1, 0.15) is 33.1 Å². The third-order valence-electron chi connectivity index (χ3n) is 3.86. The average Bonchev–Trinajstić information content (AvgIpc) is 2.43. The zero-order chi connectivity index (χ0) is 15.3. The number of likely N-dealkylation sites (tertiary alicyclic amines) is 1. The van der Waals surface area contributed by atoms with Crippen molar-refractivity contribution in [2.45, 2.75) is 39.2 Å². The molecule has 1 aliphatic heterocycles. The monoisotopic (exact) mass is 285 g/mol. The SMILES string of the molecule is CCC(C)C(NC(N)=O)C(=O)N1CCCC(C(=O)O)C1. The van der Waals surface area contributed by atoms with Crippen LogP contribution >= 0.6 is 0 Å². The molecule has 0 radical (unpaired) electrons. The number of carbonyl (C=O) groups excluding carboxylic acids is 2. The second-order valence-electron chi connectivity index (χ2n) is 5.33. The van der Waals surface area contributed by atoms with Gasteiger partial charge < -0.3 is 21.1 Å². The van der Waals surface area contributed by atoms with Gasteiger partial charge in [-0.15, -0.1) is 0 Å². The third kappa shape index (κ3) is 4.11. The topological polar surface area (TPSA) is 113 Å². The maximum atomic E-state index is 12.5. The lowest BCUT2D eigenvalue weighted by Crippen LogP contribution is -2.55. The summed E-state index contributed by atoms with van der Waals surface area (Å²) in [5.41, 5.74) is 5.11. The molecule has 0 saturated carbocycles. The van der Waals surface area contributed by atoms with Crippen molar-refractivity contribution in [2.75, 3.05) is 13.1 Å². The van der Waals surface area contributed by atoms with E-state index in [1.165, 1.54) is 4.90 Å². The van der Waals surface area contributed by atoms with Gasteiger partial charge in [0.25, 0.3) is 0 Å². The van der Waals surface area contributed by atoms with E-state index in [9.17, 15) is 14.4 Å². The highest BCUT2D eigenvalue weighted by Crippen LogP contribution is 2.19. The molecule has 3 atom stereocenters. The number of carbonyl (C=O) groups is 3. The van der Waals surface area contributed by atoms with Gasteiger partial charge in [0, 0.05) is 13.1 Å². The van der Waals surface area contributed by atoms with Crippen molar-refractivity contribution in [3.63, 3.8) is 0 Å². The molecule has 0 aromatic carbocycles.